The molecule has 2 aliphatic rings. The van der Waals surface area contributed by atoms with Gasteiger partial charge in [0.15, 0.2) is 0 Å². The van der Waals surface area contributed by atoms with Crippen molar-refractivity contribution < 1.29 is 4.74 Å². The molecule has 2 rings (SSSR count). The summed E-state index contributed by atoms with van der Waals surface area (Å²) in [6.45, 7) is 4.45. The van der Waals surface area contributed by atoms with Gasteiger partial charge in [0.1, 0.15) is 0 Å². The highest BCUT2D eigenvalue weighted by Gasteiger charge is 2.38. The number of rotatable bonds is 0. The van der Waals surface area contributed by atoms with Gasteiger partial charge >= 0.3 is 0 Å². The molecule has 1 saturated heterocycles. The molecule has 0 aromatic heterocycles. The summed E-state index contributed by atoms with van der Waals surface area (Å²) in [5, 5.41) is 0. The van der Waals surface area contributed by atoms with Gasteiger partial charge in [0.05, 0.1) is 12.2 Å². The highest BCUT2D eigenvalue weighted by atomic mass is 16.5. The van der Waals surface area contributed by atoms with E-state index in [0.717, 1.165) is 11.8 Å². The van der Waals surface area contributed by atoms with E-state index in [9.17, 15) is 0 Å². The van der Waals surface area contributed by atoms with Crippen LogP contribution < -0.4 is 0 Å². The molecule has 1 aliphatic carbocycles. The minimum absolute atomic E-state index is 0.536. The van der Waals surface area contributed by atoms with Crippen LogP contribution in [0.1, 0.15) is 33.1 Å². The first kappa shape index (κ1) is 6.66. The summed E-state index contributed by atoms with van der Waals surface area (Å²) in [4.78, 5) is 0. The average Bonchev–Trinajstić information content (AvgIpc) is 2.28. The van der Waals surface area contributed by atoms with Crippen molar-refractivity contribution in [2.75, 3.05) is 0 Å². The van der Waals surface area contributed by atoms with Crippen LogP contribution in [0, 0.1) is 11.8 Å². The number of ether oxygens (including phenoxy) is 1. The van der Waals surface area contributed by atoms with Crippen molar-refractivity contribution in [1.82, 2.24) is 0 Å². The fraction of sp³-hybridized carbons (Fsp3) is 1.00. The maximum absolute atomic E-state index is 5.77. The van der Waals surface area contributed by atoms with Crippen LogP contribution in [0.25, 0.3) is 0 Å². The lowest BCUT2D eigenvalue weighted by Crippen LogP contribution is -2.32. The summed E-state index contributed by atoms with van der Waals surface area (Å²) in [5.74, 6) is 1.78. The molecule has 4 atom stereocenters. The molecule has 0 aromatic carbocycles. The molecule has 1 nitrogen and oxygen atoms in total. The van der Waals surface area contributed by atoms with Crippen molar-refractivity contribution in [2.24, 2.45) is 11.8 Å². The Morgan fingerprint density at radius 1 is 1.00 bits per heavy atom. The molecular formula is C9H16O. The van der Waals surface area contributed by atoms with Crippen LogP contribution in [0.4, 0.5) is 0 Å². The molecule has 1 saturated carbocycles. The number of hydrogen-bond acceptors (Lipinski definition) is 1. The minimum atomic E-state index is 0.536. The van der Waals surface area contributed by atoms with Gasteiger partial charge in [-0.2, -0.15) is 0 Å². The van der Waals surface area contributed by atoms with Crippen LogP contribution in [0.2, 0.25) is 0 Å². The van der Waals surface area contributed by atoms with E-state index >= 15 is 0 Å². The topological polar surface area (TPSA) is 9.23 Å². The van der Waals surface area contributed by atoms with Gasteiger partial charge in [-0.15, -0.1) is 0 Å². The molecule has 0 N–H and O–H groups in total. The number of fused-ring (bicyclic) bond motifs is 2. The van der Waals surface area contributed by atoms with Crippen molar-refractivity contribution >= 4 is 0 Å². The Kier molecular flexibility index (Phi) is 1.48. The zero-order valence-corrected chi connectivity index (χ0v) is 6.84. The normalized spacial score (nSPS) is 53.4. The van der Waals surface area contributed by atoms with E-state index in [0.29, 0.717) is 12.2 Å². The third kappa shape index (κ3) is 0.878. The fourth-order valence-electron chi connectivity index (χ4n) is 2.47. The maximum Gasteiger partial charge on any atom is 0.0579 e. The zero-order valence-electron chi connectivity index (χ0n) is 6.84. The predicted molar refractivity (Wildman–Crippen MR) is 40.8 cm³/mol. The van der Waals surface area contributed by atoms with E-state index in [1.807, 2.05) is 0 Å². The summed E-state index contributed by atoms with van der Waals surface area (Å²) in [6, 6.07) is 0. The highest BCUT2D eigenvalue weighted by molar-refractivity contribution is 4.87. The first-order chi connectivity index (χ1) is 4.77. The summed E-state index contributed by atoms with van der Waals surface area (Å²) >= 11 is 0. The lowest BCUT2D eigenvalue weighted by molar-refractivity contribution is -0.0722. The highest BCUT2D eigenvalue weighted by Crippen LogP contribution is 2.41. The van der Waals surface area contributed by atoms with Crippen molar-refractivity contribution in [2.45, 2.75) is 45.3 Å². The van der Waals surface area contributed by atoms with E-state index in [2.05, 4.69) is 13.8 Å². The van der Waals surface area contributed by atoms with Gasteiger partial charge < -0.3 is 4.74 Å². The SMILES string of the molecule is CC1OC(C)C2CCC1C2. The second-order valence-corrected chi connectivity index (χ2v) is 3.88. The standard InChI is InChI=1S/C9H16O/c1-6-8-3-4-9(5-8)7(2)10-6/h6-9H,3-5H2,1-2H3. The fourth-order valence-corrected chi connectivity index (χ4v) is 2.47. The van der Waals surface area contributed by atoms with Crippen molar-refractivity contribution in [1.29, 1.82) is 0 Å². The van der Waals surface area contributed by atoms with Gasteiger partial charge in [0, 0.05) is 0 Å². The Labute approximate surface area is 62.8 Å². The van der Waals surface area contributed by atoms with Crippen molar-refractivity contribution in [3.63, 3.8) is 0 Å². The molecule has 1 heteroatoms. The summed E-state index contributed by atoms with van der Waals surface area (Å²) < 4.78 is 5.77. The molecular weight excluding hydrogens is 124 g/mol. The monoisotopic (exact) mass is 140 g/mol. The van der Waals surface area contributed by atoms with Crippen LogP contribution >= 0.6 is 0 Å². The second kappa shape index (κ2) is 2.23. The van der Waals surface area contributed by atoms with E-state index < -0.39 is 0 Å². The zero-order chi connectivity index (χ0) is 7.14. The Hall–Kier alpha value is -0.0400. The Balaban J connectivity index is 2.09. The lowest BCUT2D eigenvalue weighted by Gasteiger charge is -2.31. The quantitative estimate of drug-likeness (QED) is 0.501. The smallest absolute Gasteiger partial charge is 0.0579 e. The summed E-state index contributed by atoms with van der Waals surface area (Å²) in [7, 11) is 0. The summed E-state index contributed by atoms with van der Waals surface area (Å²) in [5.41, 5.74) is 0. The molecule has 10 heavy (non-hydrogen) atoms. The molecule has 2 bridgehead atoms. The van der Waals surface area contributed by atoms with E-state index in [4.69, 9.17) is 4.74 Å². The van der Waals surface area contributed by atoms with Crippen LogP contribution in [-0.4, -0.2) is 12.2 Å². The molecule has 0 aromatic rings. The van der Waals surface area contributed by atoms with E-state index in [-0.39, 0.29) is 0 Å². The molecule has 4 unspecified atom stereocenters. The van der Waals surface area contributed by atoms with Crippen LogP contribution in [-0.2, 0) is 4.74 Å². The van der Waals surface area contributed by atoms with Gasteiger partial charge in [-0.1, -0.05) is 0 Å². The van der Waals surface area contributed by atoms with Gasteiger partial charge in [-0.05, 0) is 44.9 Å². The molecule has 0 amide bonds. The number of hydrogen-bond donors (Lipinski definition) is 0. The van der Waals surface area contributed by atoms with Gasteiger partial charge in [-0.3, -0.25) is 0 Å². The molecule has 58 valence electrons. The van der Waals surface area contributed by atoms with Crippen LogP contribution in [0.15, 0.2) is 0 Å². The van der Waals surface area contributed by atoms with E-state index in [1.54, 1.807) is 0 Å². The first-order valence-electron chi connectivity index (χ1n) is 4.43. The van der Waals surface area contributed by atoms with Gasteiger partial charge in [-0.25, -0.2) is 0 Å². The third-order valence-electron chi connectivity index (χ3n) is 3.27. The second-order valence-electron chi connectivity index (χ2n) is 3.88. The van der Waals surface area contributed by atoms with Crippen LogP contribution in [0.5, 0.6) is 0 Å². The average molecular weight is 140 g/mol. The van der Waals surface area contributed by atoms with Crippen molar-refractivity contribution in [3.8, 4) is 0 Å². The Morgan fingerprint density at radius 3 is 2.00 bits per heavy atom. The third-order valence-corrected chi connectivity index (χ3v) is 3.27. The Bertz CT molecular complexity index is 119. The molecule has 1 heterocycles. The summed E-state index contributed by atoms with van der Waals surface area (Å²) in [6.07, 6.45) is 5.33. The van der Waals surface area contributed by atoms with Crippen LogP contribution in [0.3, 0.4) is 0 Å². The van der Waals surface area contributed by atoms with Gasteiger partial charge in [0.2, 0.25) is 0 Å². The molecule has 1 aliphatic heterocycles. The Morgan fingerprint density at radius 2 is 1.50 bits per heavy atom. The van der Waals surface area contributed by atoms with Gasteiger partial charge in [0.25, 0.3) is 0 Å². The van der Waals surface area contributed by atoms with Crippen molar-refractivity contribution in [3.05, 3.63) is 0 Å². The first-order valence-corrected chi connectivity index (χ1v) is 4.43. The maximum atomic E-state index is 5.77. The molecule has 0 radical (unpaired) electrons. The largest absolute Gasteiger partial charge is 0.375 e. The lowest BCUT2D eigenvalue weighted by atomic mass is 9.93. The van der Waals surface area contributed by atoms with E-state index in [1.165, 1.54) is 19.3 Å². The molecule has 0 spiro atoms. The molecule has 2 fully saturated rings. The minimum Gasteiger partial charge on any atom is -0.375 e. The predicted octanol–water partition coefficient (Wildman–Crippen LogP) is 2.21.